The lowest BCUT2D eigenvalue weighted by Crippen LogP contribution is -2.44. The van der Waals surface area contributed by atoms with Crippen molar-refractivity contribution < 1.29 is 23.8 Å². The molecule has 0 spiro atoms. The molecule has 11 nitrogen and oxygen atoms in total. The molecule has 0 saturated heterocycles. The first kappa shape index (κ1) is 25.9. The van der Waals surface area contributed by atoms with E-state index in [-0.39, 0.29) is 37.0 Å². The minimum Gasteiger partial charge on any atom is -0.480 e. The van der Waals surface area contributed by atoms with Crippen LogP contribution in [-0.2, 0) is 25.6 Å². The molecule has 1 aromatic carbocycles. The summed E-state index contributed by atoms with van der Waals surface area (Å²) in [6.07, 6.45) is 1.43. The molecular weight excluding hydrogens is 456 g/mol. The van der Waals surface area contributed by atoms with Gasteiger partial charge in [0, 0.05) is 20.2 Å². The number of nitrogens with two attached hydrogens (primary N) is 1. The van der Waals surface area contributed by atoms with Crippen LogP contribution in [0.4, 0.5) is 11.5 Å². The van der Waals surface area contributed by atoms with Crippen LogP contribution >= 0.6 is 11.6 Å². The molecule has 180 valence electrons. The number of halogens is 1. The van der Waals surface area contributed by atoms with Crippen LogP contribution in [0.5, 0.6) is 5.75 Å². The third-order valence-electron chi connectivity index (χ3n) is 4.58. The zero-order valence-electron chi connectivity index (χ0n) is 18.5. The zero-order valence-corrected chi connectivity index (χ0v) is 19.2. The van der Waals surface area contributed by atoms with Gasteiger partial charge in [0.15, 0.2) is 18.9 Å². The molecule has 0 unspecified atom stereocenters. The van der Waals surface area contributed by atoms with E-state index in [4.69, 9.17) is 31.5 Å². The molecule has 0 atom stereocenters. The summed E-state index contributed by atoms with van der Waals surface area (Å²) in [7, 11) is 1.42. The van der Waals surface area contributed by atoms with Crippen LogP contribution in [0.3, 0.4) is 0 Å². The van der Waals surface area contributed by atoms with E-state index in [0.29, 0.717) is 11.4 Å². The zero-order chi connectivity index (χ0) is 24.4. The van der Waals surface area contributed by atoms with Crippen molar-refractivity contribution in [2.45, 2.75) is 26.3 Å². The fourth-order valence-corrected chi connectivity index (χ4v) is 3.07. The monoisotopic (exact) mass is 482 g/mol. The highest BCUT2D eigenvalue weighted by atomic mass is 35.5. The number of carbonyl (C=O) groups is 2. The second-order valence-electron chi connectivity index (χ2n) is 6.92. The number of nitrogens with zero attached hydrogens (tertiary/aromatic N) is 2. The molecule has 2 aromatic rings. The van der Waals surface area contributed by atoms with Crippen LogP contribution in [0.25, 0.3) is 0 Å². The summed E-state index contributed by atoms with van der Waals surface area (Å²) in [5, 5.41) is 0.319. The summed E-state index contributed by atoms with van der Waals surface area (Å²) < 4.78 is 16.5. The maximum atomic E-state index is 12.8. The number of para-hydroxylation sites is 1. The second kappa shape index (κ2) is 12.7. The van der Waals surface area contributed by atoms with Crippen molar-refractivity contribution in [1.29, 1.82) is 0 Å². The molecule has 12 heteroatoms. The Hall–Kier alpha value is -3.31. The Kier molecular flexibility index (Phi) is 9.95. The van der Waals surface area contributed by atoms with Crippen LogP contribution in [-0.4, -0.2) is 54.9 Å². The number of aromatic amines is 1. The number of nitrogen functional groups attached to an aromatic ring is 1. The number of nitrogens with one attached hydrogen (secondary N) is 1. The van der Waals surface area contributed by atoms with Gasteiger partial charge < -0.3 is 19.9 Å². The summed E-state index contributed by atoms with van der Waals surface area (Å²) >= 11 is 5.96. The van der Waals surface area contributed by atoms with Gasteiger partial charge in [-0.05, 0) is 18.6 Å². The Morgan fingerprint density at radius 3 is 2.61 bits per heavy atom. The lowest BCUT2D eigenvalue weighted by atomic mass is 10.3. The third-order valence-corrected chi connectivity index (χ3v) is 4.89. The summed E-state index contributed by atoms with van der Waals surface area (Å²) in [5.41, 5.74) is 4.37. The molecule has 0 aliphatic rings. The molecule has 0 aliphatic carbocycles. The van der Waals surface area contributed by atoms with Crippen LogP contribution in [0.2, 0.25) is 5.02 Å². The number of amides is 1. The first-order valence-electron chi connectivity index (χ1n) is 10.2. The van der Waals surface area contributed by atoms with Gasteiger partial charge in [-0.15, -0.1) is 0 Å². The van der Waals surface area contributed by atoms with E-state index in [1.54, 1.807) is 24.3 Å². The smallest absolute Gasteiger partial charge is 0.344 e. The average Bonchev–Trinajstić information content (AvgIpc) is 2.78. The molecule has 0 bridgehead atoms. The molecule has 0 saturated carbocycles. The number of aromatic nitrogens is 2. The Morgan fingerprint density at radius 2 is 1.94 bits per heavy atom. The van der Waals surface area contributed by atoms with E-state index < -0.39 is 36.3 Å². The van der Waals surface area contributed by atoms with Gasteiger partial charge in [-0.3, -0.25) is 24.0 Å². The quantitative estimate of drug-likeness (QED) is 0.429. The number of methoxy groups -OCH3 is 1. The standard InChI is InChI=1S/C21H27ClN4O7/c1-3-4-9-26-19(23)18(20(29)24-21(26)30)25(10-11-31-2)16(27)12-33-17(28)13-32-15-8-6-5-7-14(15)22/h5-8H,3-4,9-13,23H2,1-2H3,(H,24,29,30). The highest BCUT2D eigenvalue weighted by Gasteiger charge is 2.25. The van der Waals surface area contributed by atoms with Crippen molar-refractivity contribution in [1.82, 2.24) is 9.55 Å². The van der Waals surface area contributed by atoms with Crippen molar-refractivity contribution in [3.63, 3.8) is 0 Å². The van der Waals surface area contributed by atoms with Crippen LogP contribution in [0, 0.1) is 0 Å². The van der Waals surface area contributed by atoms with Crippen LogP contribution < -0.4 is 26.6 Å². The predicted octanol–water partition coefficient (Wildman–Crippen LogP) is 1.17. The molecule has 1 aromatic heterocycles. The van der Waals surface area contributed by atoms with E-state index in [1.807, 2.05) is 6.92 Å². The minimum atomic E-state index is -0.830. The molecule has 0 aliphatic heterocycles. The number of H-pyrrole nitrogens is 1. The fraction of sp³-hybridized carbons (Fsp3) is 0.429. The summed E-state index contributed by atoms with van der Waals surface area (Å²) in [4.78, 5) is 52.7. The highest BCUT2D eigenvalue weighted by Crippen LogP contribution is 2.23. The summed E-state index contributed by atoms with van der Waals surface area (Å²) in [6, 6.07) is 6.57. The first-order valence-corrected chi connectivity index (χ1v) is 10.6. The third kappa shape index (κ3) is 7.09. The Balaban J connectivity index is 2.15. The molecule has 0 radical (unpaired) electrons. The van der Waals surface area contributed by atoms with Crippen molar-refractivity contribution in [3.8, 4) is 5.75 Å². The molecule has 3 N–H and O–H groups in total. The van der Waals surface area contributed by atoms with Crippen LogP contribution in [0.1, 0.15) is 19.8 Å². The van der Waals surface area contributed by atoms with E-state index in [9.17, 15) is 19.2 Å². The first-order chi connectivity index (χ1) is 15.8. The highest BCUT2D eigenvalue weighted by molar-refractivity contribution is 6.32. The molecule has 1 heterocycles. The van der Waals surface area contributed by atoms with Gasteiger partial charge in [-0.2, -0.15) is 0 Å². The van der Waals surface area contributed by atoms with Gasteiger partial charge in [-0.25, -0.2) is 9.59 Å². The molecular formula is C21H27ClN4O7. The summed E-state index contributed by atoms with van der Waals surface area (Å²) in [5.74, 6) is -1.41. The van der Waals surface area contributed by atoms with E-state index in [0.717, 1.165) is 11.3 Å². The van der Waals surface area contributed by atoms with Gasteiger partial charge in [-0.1, -0.05) is 37.1 Å². The van der Waals surface area contributed by atoms with E-state index in [1.165, 1.54) is 11.7 Å². The normalized spacial score (nSPS) is 10.6. The fourth-order valence-electron chi connectivity index (χ4n) is 2.88. The number of carbonyl (C=O) groups excluding carboxylic acids is 2. The van der Waals surface area contributed by atoms with Gasteiger partial charge in [0.1, 0.15) is 11.6 Å². The Bertz CT molecular complexity index is 1080. The minimum absolute atomic E-state index is 0.0533. The van der Waals surface area contributed by atoms with Gasteiger partial charge in [0.05, 0.1) is 11.6 Å². The van der Waals surface area contributed by atoms with Gasteiger partial charge in [0.25, 0.3) is 11.5 Å². The number of hydrogen-bond donors (Lipinski definition) is 2. The van der Waals surface area contributed by atoms with Crippen molar-refractivity contribution >= 4 is 35.0 Å². The largest absolute Gasteiger partial charge is 0.480 e. The second-order valence-corrected chi connectivity index (χ2v) is 7.32. The number of rotatable bonds is 12. The van der Waals surface area contributed by atoms with Gasteiger partial charge in [0.2, 0.25) is 0 Å². The number of hydrogen-bond acceptors (Lipinski definition) is 8. The SMILES string of the molecule is CCCCn1c(N)c(N(CCOC)C(=O)COC(=O)COc2ccccc2Cl)c(=O)[nH]c1=O. The van der Waals surface area contributed by atoms with E-state index in [2.05, 4.69) is 4.98 Å². The number of esters is 1. The summed E-state index contributed by atoms with van der Waals surface area (Å²) in [6.45, 7) is 1.07. The lowest BCUT2D eigenvalue weighted by Gasteiger charge is -2.24. The number of benzene rings is 1. The predicted molar refractivity (Wildman–Crippen MR) is 123 cm³/mol. The average molecular weight is 483 g/mol. The molecule has 1 amide bonds. The van der Waals surface area contributed by atoms with Crippen molar-refractivity contribution in [2.75, 3.05) is 44.1 Å². The van der Waals surface area contributed by atoms with Crippen LogP contribution in [0.15, 0.2) is 33.9 Å². The number of ether oxygens (including phenoxy) is 3. The van der Waals surface area contributed by atoms with Crippen molar-refractivity contribution in [2.24, 2.45) is 0 Å². The molecule has 33 heavy (non-hydrogen) atoms. The topological polar surface area (TPSA) is 146 Å². The maximum absolute atomic E-state index is 12.8. The Labute approximate surface area is 195 Å². The molecule has 0 fully saturated rings. The van der Waals surface area contributed by atoms with Gasteiger partial charge >= 0.3 is 11.7 Å². The van der Waals surface area contributed by atoms with Crippen molar-refractivity contribution in [3.05, 3.63) is 50.1 Å². The van der Waals surface area contributed by atoms with E-state index >= 15 is 0 Å². The number of unbranched alkanes of at least 4 members (excludes halogenated alkanes) is 1. The molecule has 2 rings (SSSR count). The lowest BCUT2D eigenvalue weighted by molar-refractivity contribution is -0.149. The maximum Gasteiger partial charge on any atom is 0.344 e. The Morgan fingerprint density at radius 1 is 1.21 bits per heavy atom. The number of anilines is 2.